The van der Waals surface area contributed by atoms with Crippen LogP contribution in [0.1, 0.15) is 21.6 Å². The number of amides is 1. The summed E-state index contributed by atoms with van der Waals surface area (Å²) in [6.07, 6.45) is -5.20. The Labute approximate surface area is 153 Å². The summed E-state index contributed by atoms with van der Waals surface area (Å²) in [6, 6.07) is 10.3. The Morgan fingerprint density at radius 2 is 1.67 bits per heavy atom. The second-order valence-corrected chi connectivity index (χ2v) is 5.93. The summed E-state index contributed by atoms with van der Waals surface area (Å²) >= 11 is 0. The fraction of sp³-hybridized carbons (Fsp3) is 0.278. The van der Waals surface area contributed by atoms with Crippen molar-refractivity contribution in [3.05, 3.63) is 59.3 Å². The molecule has 144 valence electrons. The third-order valence-corrected chi connectivity index (χ3v) is 3.79. The van der Waals surface area contributed by atoms with Crippen LogP contribution in [-0.2, 0) is 9.53 Å². The molecule has 0 saturated heterocycles. The predicted molar refractivity (Wildman–Crippen MR) is 90.8 cm³/mol. The first-order valence-electron chi connectivity index (χ1n) is 7.90. The van der Waals surface area contributed by atoms with Crippen LogP contribution in [0.25, 0.3) is 0 Å². The zero-order valence-corrected chi connectivity index (χ0v) is 14.9. The first kappa shape index (κ1) is 20.2. The second kappa shape index (κ2) is 7.65. The van der Waals surface area contributed by atoms with Crippen molar-refractivity contribution < 1.29 is 32.5 Å². The fourth-order valence-corrected chi connectivity index (χ4v) is 2.35. The smallest absolute Gasteiger partial charge is 0.464 e. The maximum absolute atomic E-state index is 13.9. The highest BCUT2D eigenvalue weighted by Gasteiger charge is 2.67. The number of nitrogens with one attached hydrogen (secondary N) is 3. The van der Waals surface area contributed by atoms with Crippen molar-refractivity contribution in [1.29, 1.82) is 0 Å². The van der Waals surface area contributed by atoms with Gasteiger partial charge in [0.15, 0.2) is 0 Å². The Morgan fingerprint density at radius 1 is 1.04 bits per heavy atom. The summed E-state index contributed by atoms with van der Waals surface area (Å²) in [6.45, 7) is 3.40. The Balaban J connectivity index is 2.48. The number of hydrogen-bond donors (Lipinski definition) is 2. The van der Waals surface area contributed by atoms with Gasteiger partial charge in [0.25, 0.3) is 11.7 Å². The van der Waals surface area contributed by atoms with Crippen LogP contribution in [-0.4, -0.2) is 30.8 Å². The molecule has 9 heteroatoms. The standard InChI is InChI=1S/C18H18F3N3O3/c1-11-7-9-13(10-8-11)15(25)24-17(16(26)27-3,18(19,20)21)23-14-6-4-5-12(2)22-14/h4-10H,1-3H3,(H,22,23)(H,24,25)/p+1/t17-/m0/s1. The molecule has 2 rings (SSSR count). The third-order valence-electron chi connectivity index (χ3n) is 3.79. The summed E-state index contributed by atoms with van der Waals surface area (Å²) in [5, 5.41) is 3.80. The maximum atomic E-state index is 13.9. The number of alkyl halides is 3. The molecule has 1 aromatic carbocycles. The molecule has 0 radical (unpaired) electrons. The van der Waals surface area contributed by atoms with Gasteiger partial charge in [0.05, 0.1) is 12.8 Å². The topological polar surface area (TPSA) is 81.6 Å². The molecule has 0 bridgehead atoms. The SMILES string of the molecule is COC(=O)[C@@](NC(=O)c1ccc(C)cc1)(Nc1cccc(C)[nH+]1)C(F)(F)F. The summed E-state index contributed by atoms with van der Waals surface area (Å²) in [5.74, 6) is -2.91. The van der Waals surface area contributed by atoms with E-state index in [1.54, 1.807) is 37.4 Å². The number of benzene rings is 1. The Kier molecular flexibility index (Phi) is 5.72. The van der Waals surface area contributed by atoms with Gasteiger partial charge in [-0.25, -0.2) is 15.1 Å². The van der Waals surface area contributed by atoms with Gasteiger partial charge in [0.2, 0.25) is 0 Å². The van der Waals surface area contributed by atoms with Crippen LogP contribution in [0.3, 0.4) is 0 Å². The van der Waals surface area contributed by atoms with E-state index in [4.69, 9.17) is 0 Å². The van der Waals surface area contributed by atoms with E-state index in [1.807, 2.05) is 5.32 Å². The van der Waals surface area contributed by atoms with Crippen LogP contribution in [0.15, 0.2) is 42.5 Å². The van der Waals surface area contributed by atoms with Crippen LogP contribution in [0, 0.1) is 13.8 Å². The molecule has 2 aromatic rings. The van der Waals surface area contributed by atoms with E-state index in [2.05, 4.69) is 9.72 Å². The van der Waals surface area contributed by atoms with E-state index in [0.717, 1.165) is 12.7 Å². The van der Waals surface area contributed by atoms with Crippen molar-refractivity contribution in [1.82, 2.24) is 5.32 Å². The molecule has 0 unspecified atom stereocenters. The molecule has 3 N–H and O–H groups in total. The molecule has 1 heterocycles. The summed E-state index contributed by atoms with van der Waals surface area (Å²) in [7, 11) is 0.808. The molecule has 1 amide bonds. The Hall–Kier alpha value is -3.10. The van der Waals surface area contributed by atoms with Gasteiger partial charge < -0.3 is 4.74 Å². The van der Waals surface area contributed by atoms with Gasteiger partial charge >= 0.3 is 17.8 Å². The van der Waals surface area contributed by atoms with Crippen LogP contribution in [0.2, 0.25) is 0 Å². The lowest BCUT2D eigenvalue weighted by atomic mass is 10.1. The van der Waals surface area contributed by atoms with Crippen LogP contribution < -0.4 is 15.6 Å². The first-order valence-corrected chi connectivity index (χ1v) is 7.90. The molecule has 27 heavy (non-hydrogen) atoms. The number of hydrogen-bond acceptors (Lipinski definition) is 4. The molecule has 0 aliphatic carbocycles. The minimum Gasteiger partial charge on any atom is -0.464 e. The minimum absolute atomic E-state index is 0.0341. The number of methoxy groups -OCH3 is 1. The highest BCUT2D eigenvalue weighted by molar-refractivity contribution is 5.99. The van der Waals surface area contributed by atoms with Gasteiger partial charge in [-0.1, -0.05) is 23.8 Å². The van der Waals surface area contributed by atoms with Crippen molar-refractivity contribution >= 4 is 17.7 Å². The van der Waals surface area contributed by atoms with Crippen LogP contribution in [0.5, 0.6) is 0 Å². The van der Waals surface area contributed by atoms with Crippen molar-refractivity contribution in [3.8, 4) is 0 Å². The highest BCUT2D eigenvalue weighted by Crippen LogP contribution is 2.32. The number of halogens is 3. The summed E-state index contributed by atoms with van der Waals surface area (Å²) in [4.78, 5) is 27.2. The number of pyridine rings is 1. The van der Waals surface area contributed by atoms with E-state index in [9.17, 15) is 22.8 Å². The van der Waals surface area contributed by atoms with E-state index in [1.165, 1.54) is 24.3 Å². The number of carbonyl (C=O) groups is 2. The van der Waals surface area contributed by atoms with Crippen LogP contribution in [0.4, 0.5) is 19.0 Å². The number of aromatic amines is 1. The van der Waals surface area contributed by atoms with Gasteiger partial charge in [-0.05, 0) is 32.0 Å². The van der Waals surface area contributed by atoms with Crippen molar-refractivity contribution in [2.24, 2.45) is 0 Å². The molecule has 1 aromatic heterocycles. The molecule has 0 saturated carbocycles. The zero-order chi connectivity index (χ0) is 20.2. The van der Waals surface area contributed by atoms with Gasteiger partial charge in [-0.15, -0.1) is 0 Å². The van der Waals surface area contributed by atoms with Gasteiger partial charge in [-0.2, -0.15) is 13.2 Å². The number of H-pyrrole nitrogens is 1. The summed E-state index contributed by atoms with van der Waals surface area (Å²) < 4.78 is 46.2. The lowest BCUT2D eigenvalue weighted by molar-refractivity contribution is -0.372. The fourth-order valence-electron chi connectivity index (χ4n) is 2.35. The molecule has 0 spiro atoms. The molecule has 0 fully saturated rings. The monoisotopic (exact) mass is 382 g/mol. The molecule has 6 nitrogen and oxygen atoms in total. The number of esters is 1. The van der Waals surface area contributed by atoms with E-state index in [-0.39, 0.29) is 11.4 Å². The predicted octanol–water partition coefficient (Wildman–Crippen LogP) is 2.39. The van der Waals surface area contributed by atoms with Crippen LogP contribution >= 0.6 is 0 Å². The van der Waals surface area contributed by atoms with E-state index < -0.39 is 23.7 Å². The zero-order valence-electron chi connectivity index (χ0n) is 14.9. The number of carbonyl (C=O) groups excluding carboxylic acids is 2. The Bertz CT molecular complexity index is 838. The normalized spacial score (nSPS) is 13.4. The first-order chi connectivity index (χ1) is 12.6. The van der Waals surface area contributed by atoms with Crippen molar-refractivity contribution in [2.75, 3.05) is 12.4 Å². The lowest BCUT2D eigenvalue weighted by Crippen LogP contribution is -2.69. The average Bonchev–Trinajstić information content (AvgIpc) is 2.60. The van der Waals surface area contributed by atoms with Crippen molar-refractivity contribution in [3.63, 3.8) is 0 Å². The third kappa shape index (κ3) is 4.36. The number of rotatable bonds is 5. The van der Waals surface area contributed by atoms with E-state index in [0.29, 0.717) is 5.69 Å². The average molecular weight is 382 g/mol. The molecule has 0 aliphatic rings. The van der Waals surface area contributed by atoms with Gasteiger partial charge in [0, 0.05) is 11.6 Å². The lowest BCUT2D eigenvalue weighted by Gasteiger charge is -2.30. The largest absolute Gasteiger partial charge is 0.464 e. The van der Waals surface area contributed by atoms with Gasteiger partial charge in [0.1, 0.15) is 0 Å². The quantitative estimate of drug-likeness (QED) is 0.615. The van der Waals surface area contributed by atoms with Crippen molar-refractivity contribution in [2.45, 2.75) is 25.7 Å². The molecular formula is C18H19F3N3O3+. The molecule has 0 aliphatic heterocycles. The van der Waals surface area contributed by atoms with E-state index >= 15 is 0 Å². The summed E-state index contributed by atoms with van der Waals surface area (Å²) in [5.41, 5.74) is -2.14. The highest BCUT2D eigenvalue weighted by atomic mass is 19.4. The minimum atomic E-state index is -5.20. The number of anilines is 1. The number of aryl methyl sites for hydroxylation is 2. The Morgan fingerprint density at radius 3 is 2.19 bits per heavy atom. The number of ether oxygens (including phenoxy) is 1. The molecular weight excluding hydrogens is 363 g/mol. The number of aromatic nitrogens is 1. The van der Waals surface area contributed by atoms with Gasteiger partial charge in [-0.3, -0.25) is 10.1 Å². The second-order valence-electron chi connectivity index (χ2n) is 5.93. The maximum Gasteiger partial charge on any atom is 0.464 e. The molecule has 1 atom stereocenters.